The second-order valence-electron chi connectivity index (χ2n) is 5.19. The van der Waals surface area contributed by atoms with Crippen LogP contribution in [0.15, 0.2) is 42.5 Å². The van der Waals surface area contributed by atoms with Gasteiger partial charge in [0.2, 0.25) is 0 Å². The minimum absolute atomic E-state index is 0.969. The Bertz CT molecular complexity index is 709. The highest BCUT2D eigenvalue weighted by Gasteiger charge is 2.04. The van der Waals surface area contributed by atoms with Gasteiger partial charge in [0.15, 0.2) is 0 Å². The lowest BCUT2D eigenvalue weighted by atomic mass is 10.2. The number of rotatable bonds is 5. The average molecular weight is 284 g/mol. The van der Waals surface area contributed by atoms with Gasteiger partial charge in [-0.1, -0.05) is 18.2 Å². The normalized spacial score (nSPS) is 11.3. The zero-order valence-electron chi connectivity index (χ0n) is 12.0. The molecule has 0 aliphatic carbocycles. The first-order valence-electron chi connectivity index (χ1n) is 7.05. The monoisotopic (exact) mass is 284 g/mol. The fraction of sp³-hybridized carbons (Fsp3) is 0.294. The first kappa shape index (κ1) is 13.4. The number of aryl methyl sites for hydroxylation is 2. The highest BCUT2D eigenvalue weighted by Crippen LogP contribution is 2.19. The zero-order valence-corrected chi connectivity index (χ0v) is 12.8. The van der Waals surface area contributed by atoms with E-state index in [0.717, 1.165) is 19.6 Å². The molecule has 3 rings (SSSR count). The molecule has 2 nitrogen and oxygen atoms in total. The molecule has 0 saturated heterocycles. The smallest absolute Gasteiger partial charge is 0.0482 e. The molecule has 0 spiro atoms. The van der Waals surface area contributed by atoms with Gasteiger partial charge in [-0.25, -0.2) is 0 Å². The number of aromatic nitrogens is 1. The number of hydrogen-bond acceptors (Lipinski definition) is 2. The minimum atomic E-state index is 0.969. The van der Waals surface area contributed by atoms with Gasteiger partial charge >= 0.3 is 0 Å². The van der Waals surface area contributed by atoms with Crippen molar-refractivity contribution in [2.45, 2.75) is 26.9 Å². The van der Waals surface area contributed by atoms with Crippen LogP contribution in [0, 0.1) is 13.8 Å². The predicted molar refractivity (Wildman–Crippen MR) is 87.4 cm³/mol. The van der Waals surface area contributed by atoms with Gasteiger partial charge in [-0.15, -0.1) is 11.3 Å². The fourth-order valence-corrected chi connectivity index (χ4v) is 3.49. The molecule has 0 aliphatic heterocycles. The lowest BCUT2D eigenvalue weighted by Gasteiger charge is -2.09. The highest BCUT2D eigenvalue weighted by atomic mass is 32.1. The summed E-state index contributed by atoms with van der Waals surface area (Å²) in [6.45, 7) is 7.32. The Morgan fingerprint density at radius 1 is 1.10 bits per heavy atom. The number of nitrogens with one attached hydrogen (secondary N) is 1. The molecule has 3 heteroatoms. The van der Waals surface area contributed by atoms with Crippen molar-refractivity contribution in [1.82, 2.24) is 9.88 Å². The summed E-state index contributed by atoms with van der Waals surface area (Å²) in [6, 6.07) is 15.3. The lowest BCUT2D eigenvalue weighted by Crippen LogP contribution is -2.19. The Kier molecular flexibility index (Phi) is 3.90. The number of nitrogens with zero attached hydrogens (tertiary/aromatic N) is 1. The molecule has 0 fully saturated rings. The third-order valence-electron chi connectivity index (χ3n) is 3.63. The number of para-hydroxylation sites is 1. The van der Waals surface area contributed by atoms with E-state index in [1.807, 2.05) is 11.3 Å². The molecule has 2 aromatic heterocycles. The van der Waals surface area contributed by atoms with Gasteiger partial charge in [0.25, 0.3) is 0 Å². The molecule has 104 valence electrons. The summed E-state index contributed by atoms with van der Waals surface area (Å²) in [5.74, 6) is 0. The maximum absolute atomic E-state index is 3.53. The van der Waals surface area contributed by atoms with Crippen molar-refractivity contribution in [3.63, 3.8) is 0 Å². The number of fused-ring (bicyclic) bond motifs is 1. The van der Waals surface area contributed by atoms with E-state index in [2.05, 4.69) is 66.2 Å². The molecule has 0 radical (unpaired) electrons. The lowest BCUT2D eigenvalue weighted by molar-refractivity contribution is 0.605. The van der Waals surface area contributed by atoms with Crippen LogP contribution in [0.1, 0.15) is 15.4 Å². The molecule has 0 unspecified atom stereocenters. The van der Waals surface area contributed by atoms with Crippen LogP contribution in [0.3, 0.4) is 0 Å². The van der Waals surface area contributed by atoms with Gasteiger partial charge in [0.1, 0.15) is 0 Å². The molecule has 0 amide bonds. The van der Waals surface area contributed by atoms with Gasteiger partial charge in [0, 0.05) is 40.6 Å². The van der Waals surface area contributed by atoms with Crippen LogP contribution in [-0.4, -0.2) is 11.1 Å². The summed E-state index contributed by atoms with van der Waals surface area (Å²) in [7, 11) is 0. The Morgan fingerprint density at radius 2 is 1.95 bits per heavy atom. The van der Waals surface area contributed by atoms with Crippen LogP contribution in [-0.2, 0) is 13.1 Å². The van der Waals surface area contributed by atoms with Crippen molar-refractivity contribution in [3.05, 3.63) is 57.9 Å². The summed E-state index contributed by atoms with van der Waals surface area (Å²) >= 11 is 1.87. The molecule has 0 bridgehead atoms. The fourth-order valence-electron chi connectivity index (χ4n) is 2.63. The van der Waals surface area contributed by atoms with E-state index >= 15 is 0 Å². The Morgan fingerprint density at radius 3 is 2.75 bits per heavy atom. The van der Waals surface area contributed by atoms with E-state index < -0.39 is 0 Å². The van der Waals surface area contributed by atoms with E-state index in [1.165, 1.54) is 26.4 Å². The third kappa shape index (κ3) is 2.79. The first-order chi connectivity index (χ1) is 9.74. The second kappa shape index (κ2) is 5.81. The summed E-state index contributed by atoms with van der Waals surface area (Å²) in [5, 5.41) is 4.87. The van der Waals surface area contributed by atoms with Gasteiger partial charge in [-0.2, -0.15) is 0 Å². The quantitative estimate of drug-likeness (QED) is 0.698. The molecular formula is C17H20N2S. The largest absolute Gasteiger partial charge is 0.344 e. The molecule has 2 heterocycles. The van der Waals surface area contributed by atoms with Crippen LogP contribution < -0.4 is 5.32 Å². The van der Waals surface area contributed by atoms with Crippen molar-refractivity contribution >= 4 is 22.2 Å². The average Bonchev–Trinajstić information content (AvgIpc) is 2.98. The molecule has 1 aromatic carbocycles. The number of benzene rings is 1. The topological polar surface area (TPSA) is 17.0 Å². The van der Waals surface area contributed by atoms with Crippen LogP contribution >= 0.6 is 11.3 Å². The third-order valence-corrected chi connectivity index (χ3v) is 4.63. The summed E-state index contributed by atoms with van der Waals surface area (Å²) in [4.78, 5) is 2.80. The minimum Gasteiger partial charge on any atom is -0.344 e. The maximum atomic E-state index is 3.53. The van der Waals surface area contributed by atoms with Gasteiger partial charge in [0.05, 0.1) is 0 Å². The van der Waals surface area contributed by atoms with Crippen molar-refractivity contribution in [2.75, 3.05) is 6.54 Å². The molecule has 1 N–H and O–H groups in total. The van der Waals surface area contributed by atoms with Crippen molar-refractivity contribution < 1.29 is 0 Å². The van der Waals surface area contributed by atoms with Crippen LogP contribution in [0.4, 0.5) is 0 Å². The number of thiophene rings is 1. The second-order valence-corrected chi connectivity index (χ2v) is 6.56. The van der Waals surface area contributed by atoms with E-state index in [9.17, 15) is 0 Å². The van der Waals surface area contributed by atoms with Gasteiger partial charge in [-0.3, -0.25) is 0 Å². The van der Waals surface area contributed by atoms with Crippen molar-refractivity contribution in [2.24, 2.45) is 0 Å². The summed E-state index contributed by atoms with van der Waals surface area (Å²) < 4.78 is 2.39. The van der Waals surface area contributed by atoms with Crippen molar-refractivity contribution in [1.29, 1.82) is 0 Å². The SMILES string of the molecule is Cc1ccc(CNCCn2c(C)cc3ccccc32)s1. The Hall–Kier alpha value is -1.58. The highest BCUT2D eigenvalue weighted by molar-refractivity contribution is 7.11. The molecule has 0 aliphatic rings. The first-order valence-corrected chi connectivity index (χ1v) is 7.86. The molecule has 3 aromatic rings. The Balaban J connectivity index is 1.61. The van der Waals surface area contributed by atoms with Crippen molar-refractivity contribution in [3.8, 4) is 0 Å². The van der Waals surface area contributed by atoms with Gasteiger partial charge < -0.3 is 9.88 Å². The van der Waals surface area contributed by atoms with E-state index in [4.69, 9.17) is 0 Å². The van der Waals surface area contributed by atoms with E-state index in [-0.39, 0.29) is 0 Å². The predicted octanol–water partition coefficient (Wildman–Crippen LogP) is 4.11. The van der Waals surface area contributed by atoms with E-state index in [0.29, 0.717) is 0 Å². The summed E-state index contributed by atoms with van der Waals surface area (Å²) in [5.41, 5.74) is 2.67. The summed E-state index contributed by atoms with van der Waals surface area (Å²) in [6.07, 6.45) is 0. The van der Waals surface area contributed by atoms with Gasteiger partial charge in [-0.05, 0) is 43.5 Å². The van der Waals surface area contributed by atoms with Crippen LogP contribution in [0.25, 0.3) is 10.9 Å². The molecule has 20 heavy (non-hydrogen) atoms. The molecular weight excluding hydrogens is 264 g/mol. The standard InChI is InChI=1S/C17H20N2S/c1-13-11-15-5-3-4-6-17(15)19(13)10-9-18-12-16-8-7-14(2)20-16/h3-8,11,18H,9-10,12H2,1-2H3. The Labute approximate surface area is 124 Å². The van der Waals surface area contributed by atoms with E-state index in [1.54, 1.807) is 0 Å². The molecule has 0 saturated carbocycles. The zero-order chi connectivity index (χ0) is 13.9. The number of hydrogen-bond donors (Lipinski definition) is 1. The maximum Gasteiger partial charge on any atom is 0.0482 e. The molecule has 0 atom stereocenters. The van der Waals surface area contributed by atoms with Crippen LogP contribution in [0.2, 0.25) is 0 Å². The van der Waals surface area contributed by atoms with Crippen LogP contribution in [0.5, 0.6) is 0 Å².